The van der Waals surface area contributed by atoms with E-state index in [-0.39, 0.29) is 0 Å². The van der Waals surface area contributed by atoms with Crippen LogP contribution in [0.5, 0.6) is 5.75 Å². The Labute approximate surface area is 183 Å². The number of nitrogens with zero attached hydrogens (tertiary/aromatic N) is 4. The molecular weight excluding hydrogens is 425 g/mol. The minimum absolute atomic E-state index is 0.342. The van der Waals surface area contributed by atoms with Gasteiger partial charge in [0.1, 0.15) is 10.9 Å². The Balaban J connectivity index is 1.66. The van der Waals surface area contributed by atoms with E-state index in [1.54, 1.807) is 61.0 Å². The Kier molecular flexibility index (Phi) is 6.72. The third-order valence-electron chi connectivity index (χ3n) is 4.13. The van der Waals surface area contributed by atoms with Gasteiger partial charge in [-0.15, -0.1) is 0 Å². The van der Waals surface area contributed by atoms with Gasteiger partial charge in [-0.3, -0.25) is 4.79 Å². The Bertz CT molecular complexity index is 1130. The Morgan fingerprint density at radius 1 is 1.30 bits per heavy atom. The first-order valence-electron chi connectivity index (χ1n) is 8.90. The molecule has 1 aromatic heterocycles. The molecule has 0 aliphatic carbocycles. The van der Waals surface area contributed by atoms with Crippen LogP contribution in [0.25, 0.3) is 5.69 Å². The van der Waals surface area contributed by atoms with Crippen LogP contribution < -0.4 is 10.2 Å². The zero-order valence-corrected chi connectivity index (χ0v) is 17.6. The number of hydrazone groups is 1. The van der Waals surface area contributed by atoms with Gasteiger partial charge in [-0.1, -0.05) is 29.3 Å². The van der Waals surface area contributed by atoms with E-state index in [4.69, 9.17) is 33.2 Å². The molecule has 0 aliphatic rings. The van der Waals surface area contributed by atoms with Crippen LogP contribution in [-0.2, 0) is 4.79 Å². The van der Waals surface area contributed by atoms with Crippen LogP contribution in [0.1, 0.15) is 23.7 Å². The summed E-state index contributed by atoms with van der Waals surface area (Å²) in [5.41, 5.74) is 4.85. The maximum Gasteiger partial charge on any atom is 0.280 e. The highest BCUT2D eigenvalue weighted by Crippen LogP contribution is 2.23. The highest BCUT2D eigenvalue weighted by Gasteiger charge is 2.16. The van der Waals surface area contributed by atoms with E-state index in [0.29, 0.717) is 38.4 Å². The van der Waals surface area contributed by atoms with Crippen LogP contribution in [0.3, 0.4) is 0 Å². The van der Waals surface area contributed by atoms with E-state index in [9.17, 15) is 4.79 Å². The summed E-state index contributed by atoms with van der Waals surface area (Å²) in [6.45, 7) is 3.38. The Hall–Kier alpha value is -3.34. The van der Waals surface area contributed by atoms with Gasteiger partial charge in [0, 0.05) is 5.02 Å². The summed E-state index contributed by atoms with van der Waals surface area (Å²) in [7, 11) is 0. The standard InChI is InChI=1S/C21H17Cl2N5O2/c1-13-19(20(23)28(27-13)17-5-3-4-16(22)10-17)12-25-26-21(29)14(2)30-18-8-6-15(11-24)7-9-18/h3-10,12,14H,1-2H3,(H,26,29)/b25-12+. The van der Waals surface area contributed by atoms with Crippen LogP contribution in [0.4, 0.5) is 0 Å². The fraction of sp³-hybridized carbons (Fsp3) is 0.143. The number of halogens is 2. The molecular formula is C21H17Cl2N5O2. The predicted octanol–water partition coefficient (Wildman–Crippen LogP) is 4.28. The second-order valence-corrected chi connectivity index (χ2v) is 7.11. The number of amides is 1. The lowest BCUT2D eigenvalue weighted by Gasteiger charge is -2.12. The molecule has 1 amide bonds. The van der Waals surface area contributed by atoms with E-state index in [1.165, 1.54) is 6.21 Å². The molecule has 1 unspecified atom stereocenters. The summed E-state index contributed by atoms with van der Waals surface area (Å²) in [4.78, 5) is 12.2. The van der Waals surface area contributed by atoms with E-state index >= 15 is 0 Å². The van der Waals surface area contributed by atoms with Gasteiger partial charge < -0.3 is 4.74 Å². The van der Waals surface area contributed by atoms with Gasteiger partial charge in [-0.2, -0.15) is 15.5 Å². The SMILES string of the molecule is Cc1nn(-c2cccc(Cl)c2)c(Cl)c1/C=N/NC(=O)C(C)Oc1ccc(C#N)cc1. The fourth-order valence-electron chi connectivity index (χ4n) is 2.55. The van der Waals surface area contributed by atoms with Crippen molar-refractivity contribution in [2.24, 2.45) is 5.10 Å². The molecule has 0 saturated carbocycles. The van der Waals surface area contributed by atoms with E-state index in [0.717, 1.165) is 0 Å². The quantitative estimate of drug-likeness (QED) is 0.456. The zero-order valence-electron chi connectivity index (χ0n) is 16.1. The third kappa shape index (κ3) is 4.98. The summed E-state index contributed by atoms with van der Waals surface area (Å²) in [5, 5.41) is 18.1. The molecule has 0 aliphatic heterocycles. The number of hydrogen-bond acceptors (Lipinski definition) is 5. The van der Waals surface area contributed by atoms with E-state index < -0.39 is 12.0 Å². The highest BCUT2D eigenvalue weighted by atomic mass is 35.5. The molecule has 1 heterocycles. The van der Waals surface area contributed by atoms with Crippen LogP contribution in [-0.4, -0.2) is 28.0 Å². The number of benzene rings is 2. The topological polar surface area (TPSA) is 92.3 Å². The number of nitriles is 1. The summed E-state index contributed by atoms with van der Waals surface area (Å²) < 4.78 is 7.09. The van der Waals surface area contributed by atoms with Gasteiger partial charge in [0.15, 0.2) is 6.10 Å². The summed E-state index contributed by atoms with van der Waals surface area (Å²) in [6.07, 6.45) is 0.638. The number of ether oxygens (including phenoxy) is 1. The average molecular weight is 442 g/mol. The number of aromatic nitrogens is 2. The van der Waals surface area contributed by atoms with Crippen molar-refractivity contribution in [3.63, 3.8) is 0 Å². The van der Waals surface area contributed by atoms with E-state index in [2.05, 4.69) is 15.6 Å². The van der Waals surface area contributed by atoms with Gasteiger partial charge >= 0.3 is 0 Å². The number of aryl methyl sites for hydroxylation is 1. The normalized spacial score (nSPS) is 11.8. The number of rotatable bonds is 6. The number of nitrogens with one attached hydrogen (secondary N) is 1. The molecule has 7 nitrogen and oxygen atoms in total. The van der Waals surface area contributed by atoms with Gasteiger partial charge in [-0.25, -0.2) is 10.1 Å². The molecule has 0 saturated heterocycles. The van der Waals surface area contributed by atoms with Crippen molar-refractivity contribution in [2.45, 2.75) is 20.0 Å². The lowest BCUT2D eigenvalue weighted by molar-refractivity contribution is -0.127. The van der Waals surface area contributed by atoms with Crippen LogP contribution >= 0.6 is 23.2 Å². The first-order chi connectivity index (χ1) is 14.4. The molecule has 1 atom stereocenters. The van der Waals surface area contributed by atoms with Crippen molar-refractivity contribution in [1.29, 1.82) is 5.26 Å². The first-order valence-corrected chi connectivity index (χ1v) is 9.65. The van der Waals surface area contributed by atoms with Crippen molar-refractivity contribution < 1.29 is 9.53 Å². The zero-order chi connectivity index (χ0) is 21.7. The van der Waals surface area contributed by atoms with Crippen molar-refractivity contribution >= 4 is 35.3 Å². The molecule has 9 heteroatoms. The number of carbonyl (C=O) groups excluding carboxylic acids is 1. The van der Waals surface area contributed by atoms with Gasteiger partial charge in [0.25, 0.3) is 5.91 Å². The molecule has 30 heavy (non-hydrogen) atoms. The average Bonchev–Trinajstić information content (AvgIpc) is 3.02. The molecule has 0 fully saturated rings. The number of carbonyl (C=O) groups is 1. The predicted molar refractivity (Wildman–Crippen MR) is 115 cm³/mol. The molecule has 2 aromatic carbocycles. The van der Waals surface area contributed by atoms with Crippen LogP contribution in [0, 0.1) is 18.3 Å². The highest BCUT2D eigenvalue weighted by molar-refractivity contribution is 6.32. The fourth-order valence-corrected chi connectivity index (χ4v) is 3.06. The molecule has 152 valence electrons. The van der Waals surface area contributed by atoms with Crippen LogP contribution in [0.15, 0.2) is 53.6 Å². The molecule has 0 bridgehead atoms. The smallest absolute Gasteiger partial charge is 0.280 e. The summed E-state index contributed by atoms with van der Waals surface area (Å²) in [6, 6.07) is 15.6. The lowest BCUT2D eigenvalue weighted by atomic mass is 10.2. The number of hydrogen-bond donors (Lipinski definition) is 1. The van der Waals surface area contributed by atoms with Crippen molar-refractivity contribution in [2.75, 3.05) is 0 Å². The van der Waals surface area contributed by atoms with Gasteiger partial charge in [0.05, 0.1) is 34.8 Å². The summed E-state index contributed by atoms with van der Waals surface area (Å²) in [5.74, 6) is 0.0361. The maximum absolute atomic E-state index is 12.2. The monoisotopic (exact) mass is 441 g/mol. The van der Waals surface area contributed by atoms with Crippen LogP contribution in [0.2, 0.25) is 10.2 Å². The first kappa shape index (κ1) is 21.4. The summed E-state index contributed by atoms with van der Waals surface area (Å²) >= 11 is 12.5. The second kappa shape index (κ2) is 9.44. The molecule has 0 spiro atoms. The Morgan fingerprint density at radius 3 is 2.70 bits per heavy atom. The second-order valence-electron chi connectivity index (χ2n) is 6.31. The van der Waals surface area contributed by atoms with Crippen molar-refractivity contribution in [1.82, 2.24) is 15.2 Å². The molecule has 1 N–H and O–H groups in total. The van der Waals surface area contributed by atoms with Crippen molar-refractivity contribution in [3.05, 3.63) is 75.5 Å². The van der Waals surface area contributed by atoms with Gasteiger partial charge in [0.2, 0.25) is 0 Å². The molecule has 3 aromatic rings. The molecule has 0 radical (unpaired) electrons. The maximum atomic E-state index is 12.2. The third-order valence-corrected chi connectivity index (χ3v) is 4.73. The lowest BCUT2D eigenvalue weighted by Crippen LogP contribution is -2.33. The minimum Gasteiger partial charge on any atom is -0.481 e. The molecule has 3 rings (SSSR count). The Morgan fingerprint density at radius 2 is 2.03 bits per heavy atom. The largest absolute Gasteiger partial charge is 0.481 e. The minimum atomic E-state index is -0.791. The van der Waals surface area contributed by atoms with Crippen molar-refractivity contribution in [3.8, 4) is 17.5 Å². The van der Waals surface area contributed by atoms with E-state index in [1.807, 2.05) is 12.1 Å². The van der Waals surface area contributed by atoms with Gasteiger partial charge in [-0.05, 0) is 56.3 Å².